The van der Waals surface area contributed by atoms with Crippen molar-refractivity contribution in [1.29, 1.82) is 0 Å². The number of carbonyl (C=O) groups excluding carboxylic acids is 1. The summed E-state index contributed by atoms with van der Waals surface area (Å²) in [5.74, 6) is 1.30. The average molecular weight is 193 g/mol. The minimum absolute atomic E-state index is 0.0551. The molecule has 1 heterocycles. The van der Waals surface area contributed by atoms with Gasteiger partial charge in [0.2, 0.25) is 0 Å². The summed E-state index contributed by atoms with van der Waals surface area (Å²) in [6.45, 7) is 0.332. The Morgan fingerprint density at radius 3 is 2.71 bits per heavy atom. The van der Waals surface area contributed by atoms with E-state index in [2.05, 4.69) is 5.32 Å². The zero-order chi connectivity index (χ0) is 10.1. The lowest BCUT2D eigenvalue weighted by molar-refractivity contribution is 0.101. The second kappa shape index (κ2) is 3.21. The summed E-state index contributed by atoms with van der Waals surface area (Å²) in [7, 11) is 3.12. The predicted molar refractivity (Wildman–Crippen MR) is 52.4 cm³/mol. The molecular formula is C10H11NO3. The van der Waals surface area contributed by atoms with Crippen molar-refractivity contribution in [2.24, 2.45) is 0 Å². The molecule has 0 bridgehead atoms. The standard InChI is InChI=1S/C10H11NO3/c1-13-6-3-7-10(8(12)5-11-7)9(4-6)14-2/h3-4,11H,5H2,1-2H3. The van der Waals surface area contributed by atoms with Gasteiger partial charge in [-0.25, -0.2) is 0 Å². The van der Waals surface area contributed by atoms with Crippen LogP contribution in [0, 0.1) is 0 Å². The van der Waals surface area contributed by atoms with Crippen LogP contribution in [0.3, 0.4) is 0 Å². The van der Waals surface area contributed by atoms with Gasteiger partial charge in [-0.3, -0.25) is 4.79 Å². The summed E-state index contributed by atoms with van der Waals surface area (Å²) in [5.41, 5.74) is 1.40. The van der Waals surface area contributed by atoms with Crippen molar-refractivity contribution >= 4 is 11.5 Å². The molecule has 1 aromatic carbocycles. The first-order valence-corrected chi connectivity index (χ1v) is 4.29. The first kappa shape index (κ1) is 8.87. The Kier molecular flexibility index (Phi) is 2.04. The van der Waals surface area contributed by atoms with E-state index in [0.29, 0.717) is 23.6 Å². The average Bonchev–Trinajstić information content (AvgIpc) is 2.59. The van der Waals surface area contributed by atoms with Crippen molar-refractivity contribution < 1.29 is 14.3 Å². The lowest BCUT2D eigenvalue weighted by Gasteiger charge is -2.08. The first-order valence-electron chi connectivity index (χ1n) is 4.29. The number of fused-ring (bicyclic) bond motifs is 1. The molecule has 0 atom stereocenters. The van der Waals surface area contributed by atoms with Gasteiger partial charge >= 0.3 is 0 Å². The second-order valence-electron chi connectivity index (χ2n) is 3.03. The van der Waals surface area contributed by atoms with Gasteiger partial charge in [0.25, 0.3) is 0 Å². The molecule has 0 saturated carbocycles. The van der Waals surface area contributed by atoms with Crippen LogP contribution in [0.15, 0.2) is 12.1 Å². The van der Waals surface area contributed by atoms with E-state index in [4.69, 9.17) is 9.47 Å². The van der Waals surface area contributed by atoms with Crippen LogP contribution in [0.1, 0.15) is 10.4 Å². The van der Waals surface area contributed by atoms with Gasteiger partial charge < -0.3 is 14.8 Å². The van der Waals surface area contributed by atoms with Gasteiger partial charge in [-0.2, -0.15) is 0 Å². The van der Waals surface area contributed by atoms with Crippen LogP contribution in [0.2, 0.25) is 0 Å². The molecule has 14 heavy (non-hydrogen) atoms. The molecule has 0 spiro atoms. The number of hydrogen-bond donors (Lipinski definition) is 1. The van der Waals surface area contributed by atoms with Crippen molar-refractivity contribution in [3.63, 3.8) is 0 Å². The zero-order valence-electron chi connectivity index (χ0n) is 8.09. The maximum absolute atomic E-state index is 11.5. The summed E-state index contributed by atoms with van der Waals surface area (Å²) < 4.78 is 10.2. The molecular weight excluding hydrogens is 182 g/mol. The third-order valence-corrected chi connectivity index (χ3v) is 2.25. The molecule has 4 heteroatoms. The number of rotatable bonds is 2. The monoisotopic (exact) mass is 193 g/mol. The highest BCUT2D eigenvalue weighted by atomic mass is 16.5. The summed E-state index contributed by atoms with van der Waals surface area (Å²) >= 11 is 0. The first-order chi connectivity index (χ1) is 6.76. The Labute approximate surface area is 81.8 Å². The lowest BCUT2D eigenvalue weighted by Crippen LogP contribution is -2.01. The van der Waals surface area contributed by atoms with Gasteiger partial charge in [-0.15, -0.1) is 0 Å². The number of benzene rings is 1. The SMILES string of the molecule is COc1cc2c(c(OC)c1)C(=O)CN2. The molecule has 0 amide bonds. The Morgan fingerprint density at radius 2 is 2.07 bits per heavy atom. The Morgan fingerprint density at radius 1 is 1.29 bits per heavy atom. The predicted octanol–water partition coefficient (Wildman–Crippen LogP) is 1.31. The largest absolute Gasteiger partial charge is 0.497 e. The Hall–Kier alpha value is -1.71. The molecule has 74 valence electrons. The molecule has 1 aliphatic heterocycles. The third-order valence-electron chi connectivity index (χ3n) is 2.25. The van der Waals surface area contributed by atoms with Crippen LogP contribution < -0.4 is 14.8 Å². The number of methoxy groups -OCH3 is 2. The highest BCUT2D eigenvalue weighted by Crippen LogP contribution is 2.35. The fraction of sp³-hybridized carbons (Fsp3) is 0.300. The molecule has 1 aromatic rings. The van der Waals surface area contributed by atoms with Crippen molar-refractivity contribution in [2.45, 2.75) is 0 Å². The fourth-order valence-electron chi connectivity index (χ4n) is 1.56. The third kappa shape index (κ3) is 1.19. The maximum atomic E-state index is 11.5. The van der Waals surface area contributed by atoms with Gasteiger partial charge in [0.05, 0.1) is 32.0 Å². The minimum Gasteiger partial charge on any atom is -0.497 e. The van der Waals surface area contributed by atoms with Crippen molar-refractivity contribution in [3.8, 4) is 11.5 Å². The normalized spacial score (nSPS) is 13.4. The molecule has 2 rings (SSSR count). The quantitative estimate of drug-likeness (QED) is 0.769. The minimum atomic E-state index is 0.0551. The van der Waals surface area contributed by atoms with Crippen LogP contribution in [-0.4, -0.2) is 26.5 Å². The molecule has 0 radical (unpaired) electrons. The number of nitrogens with one attached hydrogen (secondary N) is 1. The molecule has 0 unspecified atom stereocenters. The molecule has 0 aliphatic carbocycles. The Balaban J connectivity index is 2.58. The second-order valence-corrected chi connectivity index (χ2v) is 3.03. The van der Waals surface area contributed by atoms with E-state index in [1.165, 1.54) is 0 Å². The van der Waals surface area contributed by atoms with Gasteiger partial charge in [0.15, 0.2) is 5.78 Å². The van der Waals surface area contributed by atoms with E-state index in [9.17, 15) is 4.79 Å². The number of ketones is 1. The zero-order valence-corrected chi connectivity index (χ0v) is 8.09. The van der Waals surface area contributed by atoms with E-state index in [0.717, 1.165) is 5.69 Å². The number of Topliss-reactive ketones (excluding diaryl/α,β-unsaturated/α-hetero) is 1. The Bertz CT molecular complexity index is 387. The summed E-state index contributed by atoms with van der Waals surface area (Å²) in [6.07, 6.45) is 0. The van der Waals surface area contributed by atoms with Crippen LogP contribution in [0.25, 0.3) is 0 Å². The molecule has 1 N–H and O–H groups in total. The van der Waals surface area contributed by atoms with Gasteiger partial charge in [-0.1, -0.05) is 0 Å². The molecule has 0 saturated heterocycles. The van der Waals surface area contributed by atoms with E-state index in [-0.39, 0.29) is 5.78 Å². The number of anilines is 1. The van der Waals surface area contributed by atoms with Crippen LogP contribution >= 0.6 is 0 Å². The highest BCUT2D eigenvalue weighted by molar-refractivity contribution is 6.10. The topological polar surface area (TPSA) is 47.6 Å². The van der Waals surface area contributed by atoms with Crippen LogP contribution in [0.5, 0.6) is 11.5 Å². The lowest BCUT2D eigenvalue weighted by atomic mass is 10.1. The molecule has 0 fully saturated rings. The van der Waals surface area contributed by atoms with E-state index in [1.807, 2.05) is 0 Å². The van der Waals surface area contributed by atoms with E-state index < -0.39 is 0 Å². The van der Waals surface area contributed by atoms with Crippen molar-refractivity contribution in [3.05, 3.63) is 17.7 Å². The highest BCUT2D eigenvalue weighted by Gasteiger charge is 2.24. The van der Waals surface area contributed by atoms with Gasteiger partial charge in [0.1, 0.15) is 11.5 Å². The van der Waals surface area contributed by atoms with Crippen LogP contribution in [-0.2, 0) is 0 Å². The number of carbonyl (C=O) groups is 1. The number of ether oxygens (including phenoxy) is 2. The molecule has 1 aliphatic rings. The summed E-state index contributed by atoms with van der Waals surface area (Å²) in [6, 6.07) is 3.51. The fourth-order valence-corrected chi connectivity index (χ4v) is 1.56. The summed E-state index contributed by atoms with van der Waals surface area (Å²) in [5, 5.41) is 2.99. The van der Waals surface area contributed by atoms with Crippen molar-refractivity contribution in [2.75, 3.05) is 26.1 Å². The molecule has 4 nitrogen and oxygen atoms in total. The maximum Gasteiger partial charge on any atom is 0.187 e. The van der Waals surface area contributed by atoms with E-state index in [1.54, 1.807) is 26.4 Å². The number of hydrogen-bond acceptors (Lipinski definition) is 4. The van der Waals surface area contributed by atoms with Crippen molar-refractivity contribution in [1.82, 2.24) is 0 Å². The van der Waals surface area contributed by atoms with E-state index >= 15 is 0 Å². The van der Waals surface area contributed by atoms with Crippen LogP contribution in [0.4, 0.5) is 5.69 Å². The smallest absolute Gasteiger partial charge is 0.187 e. The van der Waals surface area contributed by atoms with Gasteiger partial charge in [-0.05, 0) is 0 Å². The van der Waals surface area contributed by atoms with Gasteiger partial charge in [0, 0.05) is 12.1 Å². The summed E-state index contributed by atoms with van der Waals surface area (Å²) in [4.78, 5) is 11.5. The molecule has 0 aromatic heterocycles.